The number of rotatable bonds is 5. The van der Waals surface area contributed by atoms with Crippen LogP contribution in [-0.2, 0) is 9.84 Å². The minimum Gasteiger partial charge on any atom is -0.403 e. The molecular formula is C16H15N3O4S2. The predicted molar refractivity (Wildman–Crippen MR) is 94.3 cm³/mol. The molecule has 2 heterocycles. The normalized spacial score (nSPS) is 11.6. The number of sulfone groups is 1. The van der Waals surface area contributed by atoms with E-state index in [1.54, 1.807) is 13.8 Å². The highest BCUT2D eigenvalue weighted by Crippen LogP contribution is 2.22. The first-order valence-corrected chi connectivity index (χ1v) is 9.88. The zero-order valence-corrected chi connectivity index (χ0v) is 15.1. The van der Waals surface area contributed by atoms with Gasteiger partial charge in [-0.1, -0.05) is 5.10 Å². The van der Waals surface area contributed by atoms with Gasteiger partial charge in [-0.05, 0) is 49.6 Å². The second kappa shape index (κ2) is 6.77. The number of amides is 1. The van der Waals surface area contributed by atoms with E-state index in [-0.39, 0.29) is 16.5 Å². The van der Waals surface area contributed by atoms with Crippen LogP contribution in [0.2, 0.25) is 0 Å². The zero-order valence-electron chi connectivity index (χ0n) is 13.5. The highest BCUT2D eigenvalue weighted by Gasteiger charge is 2.20. The van der Waals surface area contributed by atoms with Crippen LogP contribution in [-0.4, -0.2) is 29.8 Å². The van der Waals surface area contributed by atoms with Gasteiger partial charge >= 0.3 is 6.01 Å². The van der Waals surface area contributed by atoms with Gasteiger partial charge in [0.1, 0.15) is 0 Å². The molecule has 1 N–H and O–H groups in total. The summed E-state index contributed by atoms with van der Waals surface area (Å²) < 4.78 is 29.6. The van der Waals surface area contributed by atoms with Crippen molar-refractivity contribution in [3.63, 3.8) is 0 Å². The second-order valence-electron chi connectivity index (χ2n) is 5.50. The minimum atomic E-state index is -3.37. The topological polar surface area (TPSA) is 102 Å². The van der Waals surface area contributed by atoms with Gasteiger partial charge in [0.25, 0.3) is 11.8 Å². The largest absolute Gasteiger partial charge is 0.403 e. The Labute approximate surface area is 148 Å². The van der Waals surface area contributed by atoms with Gasteiger partial charge < -0.3 is 4.42 Å². The van der Waals surface area contributed by atoms with Crippen LogP contribution in [0.15, 0.2) is 50.4 Å². The van der Waals surface area contributed by atoms with Crippen molar-refractivity contribution in [2.24, 2.45) is 0 Å². The van der Waals surface area contributed by atoms with E-state index < -0.39 is 21.0 Å². The summed E-state index contributed by atoms with van der Waals surface area (Å²) in [6.07, 6.45) is 0. The van der Waals surface area contributed by atoms with Crippen LogP contribution in [0.5, 0.6) is 0 Å². The number of thiophene rings is 1. The molecule has 3 aromatic rings. The van der Waals surface area contributed by atoms with Gasteiger partial charge in [0.15, 0.2) is 9.84 Å². The number of nitrogens with zero attached hydrogens (tertiary/aromatic N) is 2. The molecule has 0 unspecified atom stereocenters. The number of aromatic nitrogens is 2. The van der Waals surface area contributed by atoms with E-state index in [0.717, 1.165) is 5.56 Å². The van der Waals surface area contributed by atoms with Crippen molar-refractivity contribution < 1.29 is 17.6 Å². The lowest BCUT2D eigenvalue weighted by atomic mass is 10.2. The summed E-state index contributed by atoms with van der Waals surface area (Å²) in [5.41, 5.74) is 1.07. The van der Waals surface area contributed by atoms with Gasteiger partial charge in [0.2, 0.25) is 0 Å². The smallest absolute Gasteiger partial charge is 0.322 e. The number of hydrogen-bond acceptors (Lipinski definition) is 7. The van der Waals surface area contributed by atoms with E-state index in [9.17, 15) is 13.2 Å². The SMILES string of the molecule is CC(C)S(=O)(=O)c1ccc(C(=O)Nc2nnc(-c3ccsc3)o2)cc1. The molecule has 0 bridgehead atoms. The van der Waals surface area contributed by atoms with Gasteiger partial charge in [-0.2, -0.15) is 11.3 Å². The summed E-state index contributed by atoms with van der Waals surface area (Å²) in [6, 6.07) is 7.52. The van der Waals surface area contributed by atoms with Crippen LogP contribution in [0, 0.1) is 0 Å². The summed E-state index contributed by atoms with van der Waals surface area (Å²) in [5.74, 6) is -0.149. The van der Waals surface area contributed by atoms with E-state index in [1.165, 1.54) is 35.6 Å². The lowest BCUT2D eigenvalue weighted by Crippen LogP contribution is -2.15. The lowest BCUT2D eigenvalue weighted by Gasteiger charge is -2.08. The number of carbonyl (C=O) groups is 1. The molecule has 0 radical (unpaired) electrons. The molecule has 0 aliphatic carbocycles. The second-order valence-corrected chi connectivity index (χ2v) is 8.78. The summed E-state index contributed by atoms with van der Waals surface area (Å²) in [7, 11) is -3.37. The quantitative estimate of drug-likeness (QED) is 0.732. The monoisotopic (exact) mass is 377 g/mol. The molecule has 25 heavy (non-hydrogen) atoms. The Bertz CT molecular complexity index is 975. The Morgan fingerprint density at radius 1 is 1.16 bits per heavy atom. The first kappa shape index (κ1) is 17.3. The van der Waals surface area contributed by atoms with Crippen molar-refractivity contribution in [2.45, 2.75) is 24.0 Å². The number of nitrogens with one attached hydrogen (secondary N) is 1. The minimum absolute atomic E-state index is 0.0231. The van der Waals surface area contributed by atoms with Crippen molar-refractivity contribution in [1.29, 1.82) is 0 Å². The number of anilines is 1. The average molecular weight is 377 g/mol. The number of hydrogen-bond donors (Lipinski definition) is 1. The third kappa shape index (κ3) is 3.62. The van der Waals surface area contributed by atoms with Crippen molar-refractivity contribution in [1.82, 2.24) is 10.2 Å². The standard InChI is InChI=1S/C16H15N3O4S2/c1-10(2)25(21,22)13-5-3-11(4-6-13)14(20)17-16-19-18-15(23-16)12-7-8-24-9-12/h3-10H,1-2H3,(H,17,19,20). The Hall–Kier alpha value is -2.52. The number of carbonyl (C=O) groups excluding carboxylic acids is 1. The molecule has 7 nitrogen and oxygen atoms in total. The van der Waals surface area contributed by atoms with Crippen LogP contribution >= 0.6 is 11.3 Å². The highest BCUT2D eigenvalue weighted by molar-refractivity contribution is 7.92. The van der Waals surface area contributed by atoms with Crippen LogP contribution < -0.4 is 5.32 Å². The zero-order chi connectivity index (χ0) is 18.0. The maximum absolute atomic E-state index is 12.2. The molecule has 0 fully saturated rings. The fraction of sp³-hybridized carbons (Fsp3) is 0.188. The van der Waals surface area contributed by atoms with Gasteiger partial charge in [0, 0.05) is 16.5 Å². The third-order valence-corrected chi connectivity index (χ3v) is 6.33. The van der Waals surface area contributed by atoms with E-state index in [0.29, 0.717) is 5.89 Å². The number of benzene rings is 1. The molecule has 0 saturated carbocycles. The maximum Gasteiger partial charge on any atom is 0.322 e. The maximum atomic E-state index is 12.2. The predicted octanol–water partition coefficient (Wildman–Crippen LogP) is 3.23. The van der Waals surface area contributed by atoms with Crippen LogP contribution in [0.25, 0.3) is 11.5 Å². The molecule has 0 saturated heterocycles. The highest BCUT2D eigenvalue weighted by atomic mass is 32.2. The molecular weight excluding hydrogens is 362 g/mol. The molecule has 9 heteroatoms. The molecule has 0 aliphatic heterocycles. The molecule has 1 amide bonds. The van der Waals surface area contributed by atoms with Crippen molar-refractivity contribution in [2.75, 3.05) is 5.32 Å². The van der Waals surface area contributed by atoms with Gasteiger partial charge in [-0.25, -0.2) is 8.42 Å². The Morgan fingerprint density at radius 2 is 1.88 bits per heavy atom. The molecule has 130 valence electrons. The molecule has 0 spiro atoms. The van der Waals surface area contributed by atoms with Gasteiger partial charge in [-0.3, -0.25) is 10.1 Å². The van der Waals surface area contributed by atoms with Gasteiger partial charge in [-0.15, -0.1) is 5.10 Å². The Kier molecular flexibility index (Phi) is 4.69. The van der Waals surface area contributed by atoms with E-state index >= 15 is 0 Å². The molecule has 0 aliphatic rings. The van der Waals surface area contributed by atoms with Crippen LogP contribution in [0.3, 0.4) is 0 Å². The van der Waals surface area contributed by atoms with E-state index in [4.69, 9.17) is 4.42 Å². The lowest BCUT2D eigenvalue weighted by molar-refractivity contribution is 0.102. The molecule has 3 rings (SSSR count). The van der Waals surface area contributed by atoms with E-state index in [2.05, 4.69) is 15.5 Å². The fourth-order valence-electron chi connectivity index (χ4n) is 2.01. The molecule has 0 atom stereocenters. The first-order chi connectivity index (χ1) is 11.9. The molecule has 1 aromatic carbocycles. The fourth-order valence-corrected chi connectivity index (χ4v) is 3.70. The van der Waals surface area contributed by atoms with Gasteiger partial charge in [0.05, 0.1) is 10.1 Å². The summed E-state index contributed by atoms with van der Waals surface area (Å²) in [5, 5.41) is 13.3. The Balaban J connectivity index is 1.74. The van der Waals surface area contributed by atoms with Crippen molar-refractivity contribution in [3.8, 4) is 11.5 Å². The van der Waals surface area contributed by atoms with E-state index in [1.807, 2.05) is 16.8 Å². The molecule has 2 aromatic heterocycles. The first-order valence-electron chi connectivity index (χ1n) is 7.39. The van der Waals surface area contributed by atoms with Crippen molar-refractivity contribution in [3.05, 3.63) is 46.7 Å². The Morgan fingerprint density at radius 3 is 2.48 bits per heavy atom. The van der Waals surface area contributed by atoms with Crippen molar-refractivity contribution >= 4 is 33.1 Å². The third-order valence-electron chi connectivity index (χ3n) is 3.48. The van der Waals surface area contributed by atoms with Crippen LogP contribution in [0.4, 0.5) is 6.01 Å². The summed E-state index contributed by atoms with van der Waals surface area (Å²) >= 11 is 1.50. The summed E-state index contributed by atoms with van der Waals surface area (Å²) in [4.78, 5) is 12.4. The van der Waals surface area contributed by atoms with Crippen LogP contribution in [0.1, 0.15) is 24.2 Å². The summed E-state index contributed by atoms with van der Waals surface area (Å²) in [6.45, 7) is 3.22. The average Bonchev–Trinajstić information content (AvgIpc) is 3.26.